The van der Waals surface area contributed by atoms with E-state index in [0.29, 0.717) is 17.3 Å². The van der Waals surface area contributed by atoms with Crippen LogP contribution in [0.4, 0.5) is 5.69 Å². The zero-order chi connectivity index (χ0) is 22.7. The molecular weight excluding hydrogens is 412 g/mol. The van der Waals surface area contributed by atoms with Gasteiger partial charge in [0.2, 0.25) is 0 Å². The third-order valence-corrected chi connectivity index (χ3v) is 5.04. The number of amides is 1. The molecule has 10 nitrogen and oxygen atoms in total. The zero-order valence-corrected chi connectivity index (χ0v) is 17.4. The Labute approximate surface area is 183 Å². The molecular formula is C22H20N6O4. The van der Waals surface area contributed by atoms with Crippen LogP contribution in [0.15, 0.2) is 73.6 Å². The average Bonchev–Trinajstić information content (AvgIpc) is 3.49. The van der Waals surface area contributed by atoms with E-state index < -0.39 is 16.9 Å². The minimum Gasteiger partial charge on any atom is -0.497 e. The second-order valence-electron chi connectivity index (χ2n) is 7.01. The zero-order valence-electron chi connectivity index (χ0n) is 17.4. The Morgan fingerprint density at radius 1 is 1.19 bits per heavy atom. The Morgan fingerprint density at radius 2 is 2.03 bits per heavy atom. The van der Waals surface area contributed by atoms with Crippen molar-refractivity contribution in [2.24, 2.45) is 7.05 Å². The summed E-state index contributed by atoms with van der Waals surface area (Å²) in [5.74, 6) is 0.772. The maximum Gasteiger partial charge on any atom is 0.294 e. The van der Waals surface area contributed by atoms with E-state index in [2.05, 4.69) is 15.3 Å². The Morgan fingerprint density at radius 3 is 2.69 bits per heavy atom. The summed E-state index contributed by atoms with van der Waals surface area (Å²) in [7, 11) is 3.39. The smallest absolute Gasteiger partial charge is 0.294 e. The van der Waals surface area contributed by atoms with E-state index in [9.17, 15) is 14.9 Å². The molecule has 4 aromatic rings. The van der Waals surface area contributed by atoms with Gasteiger partial charge in [-0.05, 0) is 29.8 Å². The predicted molar refractivity (Wildman–Crippen MR) is 116 cm³/mol. The Hall–Kier alpha value is -4.47. The number of nitrogens with zero attached hydrogens (tertiary/aromatic N) is 5. The van der Waals surface area contributed by atoms with Crippen molar-refractivity contribution in [2.75, 3.05) is 7.11 Å². The van der Waals surface area contributed by atoms with Crippen molar-refractivity contribution in [3.05, 3.63) is 101 Å². The Bertz CT molecular complexity index is 1270. The molecule has 0 spiro atoms. The molecule has 0 saturated carbocycles. The number of aromatic nitrogens is 4. The number of nitrogens with one attached hydrogen (secondary N) is 1. The van der Waals surface area contributed by atoms with Gasteiger partial charge in [0.1, 0.15) is 23.3 Å². The van der Waals surface area contributed by atoms with Crippen LogP contribution < -0.4 is 10.1 Å². The minimum atomic E-state index is -0.593. The first kappa shape index (κ1) is 20.8. The van der Waals surface area contributed by atoms with Crippen LogP contribution in [0.5, 0.6) is 5.75 Å². The maximum absolute atomic E-state index is 13.1. The predicted octanol–water partition coefficient (Wildman–Crippen LogP) is 3.04. The highest BCUT2D eigenvalue weighted by Crippen LogP contribution is 2.27. The highest BCUT2D eigenvalue weighted by Gasteiger charge is 2.24. The van der Waals surface area contributed by atoms with Crippen molar-refractivity contribution in [1.29, 1.82) is 0 Å². The standard InChI is InChI=1S/C22H20N6O4/c1-26-10-9-24-21(26)20(15-4-3-5-17(12-15)32-2)25-22(29)16-6-7-18(19(13-16)28(30)31)27-11-8-23-14-27/h3-14,20H,1-2H3,(H,25,29). The number of imidazole rings is 2. The highest BCUT2D eigenvalue weighted by atomic mass is 16.6. The Kier molecular flexibility index (Phi) is 5.67. The van der Waals surface area contributed by atoms with Crippen LogP contribution in [0.2, 0.25) is 0 Å². The number of aryl methyl sites for hydroxylation is 1. The van der Waals surface area contributed by atoms with Crippen LogP contribution in [-0.2, 0) is 7.05 Å². The number of hydrogen-bond acceptors (Lipinski definition) is 6. The van der Waals surface area contributed by atoms with E-state index in [-0.39, 0.29) is 11.3 Å². The van der Waals surface area contributed by atoms with Crippen molar-refractivity contribution in [2.45, 2.75) is 6.04 Å². The second-order valence-corrected chi connectivity index (χ2v) is 7.01. The number of hydrogen-bond donors (Lipinski definition) is 1. The van der Waals surface area contributed by atoms with Gasteiger partial charge in [0.05, 0.1) is 18.4 Å². The lowest BCUT2D eigenvalue weighted by molar-refractivity contribution is -0.384. The van der Waals surface area contributed by atoms with Crippen LogP contribution in [0.3, 0.4) is 0 Å². The van der Waals surface area contributed by atoms with E-state index in [1.165, 1.54) is 29.2 Å². The van der Waals surface area contributed by atoms with Gasteiger partial charge in [-0.1, -0.05) is 12.1 Å². The number of ether oxygens (including phenoxy) is 1. The van der Waals surface area contributed by atoms with Gasteiger partial charge in [0, 0.05) is 43.5 Å². The molecule has 1 atom stereocenters. The third kappa shape index (κ3) is 4.06. The summed E-state index contributed by atoms with van der Waals surface area (Å²) in [5.41, 5.74) is 1.03. The van der Waals surface area contributed by atoms with E-state index in [4.69, 9.17) is 4.74 Å². The van der Waals surface area contributed by atoms with Crippen molar-refractivity contribution < 1.29 is 14.5 Å². The number of nitro groups is 1. The van der Waals surface area contributed by atoms with Gasteiger partial charge >= 0.3 is 0 Å². The molecule has 162 valence electrons. The average molecular weight is 432 g/mol. The molecule has 1 unspecified atom stereocenters. The van der Waals surface area contributed by atoms with Crippen LogP contribution in [0.25, 0.3) is 5.69 Å². The molecule has 0 aliphatic carbocycles. The third-order valence-electron chi connectivity index (χ3n) is 5.04. The summed E-state index contributed by atoms with van der Waals surface area (Å²) >= 11 is 0. The Balaban J connectivity index is 1.70. The molecule has 2 aromatic carbocycles. The fraction of sp³-hybridized carbons (Fsp3) is 0.136. The fourth-order valence-electron chi connectivity index (χ4n) is 3.42. The molecule has 0 aliphatic rings. The SMILES string of the molecule is COc1cccc(C(NC(=O)c2ccc(-n3ccnc3)c([N+](=O)[O-])c2)c2nccn2C)c1. The number of carbonyl (C=O) groups is 1. The lowest BCUT2D eigenvalue weighted by atomic mass is 10.0. The normalized spacial score (nSPS) is 11.7. The molecule has 0 radical (unpaired) electrons. The molecule has 4 rings (SSSR count). The molecule has 0 aliphatic heterocycles. The van der Waals surface area contributed by atoms with Gasteiger partial charge in [-0.25, -0.2) is 9.97 Å². The molecule has 2 heterocycles. The summed E-state index contributed by atoms with van der Waals surface area (Å²) < 4.78 is 8.63. The lowest BCUT2D eigenvalue weighted by Crippen LogP contribution is -2.31. The molecule has 32 heavy (non-hydrogen) atoms. The van der Waals surface area contributed by atoms with E-state index >= 15 is 0 Å². The first-order valence-corrected chi connectivity index (χ1v) is 9.66. The largest absolute Gasteiger partial charge is 0.497 e. The quantitative estimate of drug-likeness (QED) is 0.354. The van der Waals surface area contributed by atoms with Crippen molar-refractivity contribution in [1.82, 2.24) is 24.4 Å². The van der Waals surface area contributed by atoms with Crippen LogP contribution in [-0.4, -0.2) is 37.0 Å². The van der Waals surface area contributed by atoms with Gasteiger partial charge in [0.25, 0.3) is 11.6 Å². The molecule has 10 heteroatoms. The van der Waals surface area contributed by atoms with Crippen LogP contribution in [0.1, 0.15) is 27.8 Å². The number of carbonyl (C=O) groups excluding carboxylic acids is 1. The molecule has 0 fully saturated rings. The monoisotopic (exact) mass is 432 g/mol. The minimum absolute atomic E-state index is 0.155. The summed E-state index contributed by atoms with van der Waals surface area (Å²) in [5, 5.41) is 14.6. The molecule has 0 bridgehead atoms. The van der Waals surface area contributed by atoms with Crippen LogP contribution >= 0.6 is 0 Å². The van der Waals surface area contributed by atoms with Gasteiger partial charge in [0.15, 0.2) is 0 Å². The molecule has 1 amide bonds. The summed E-state index contributed by atoms with van der Waals surface area (Å²) in [6.07, 6.45) is 8.00. The van der Waals surface area contributed by atoms with Crippen molar-refractivity contribution in [3.8, 4) is 11.4 Å². The van der Waals surface area contributed by atoms with Gasteiger partial charge in [-0.3, -0.25) is 14.9 Å². The van der Waals surface area contributed by atoms with Crippen molar-refractivity contribution in [3.63, 3.8) is 0 Å². The second kappa shape index (κ2) is 8.72. The van der Waals surface area contributed by atoms with Crippen LogP contribution in [0, 0.1) is 10.1 Å². The fourth-order valence-corrected chi connectivity index (χ4v) is 3.42. The topological polar surface area (TPSA) is 117 Å². The first-order chi connectivity index (χ1) is 15.5. The number of nitro benzene ring substituents is 1. The summed E-state index contributed by atoms with van der Waals surface area (Å²) in [6.45, 7) is 0. The first-order valence-electron chi connectivity index (χ1n) is 9.66. The maximum atomic E-state index is 13.1. The number of rotatable bonds is 7. The van der Waals surface area contributed by atoms with Gasteiger partial charge in [-0.2, -0.15) is 0 Å². The number of benzene rings is 2. The molecule has 0 saturated heterocycles. The number of methoxy groups -OCH3 is 1. The van der Waals surface area contributed by atoms with E-state index in [1.807, 2.05) is 25.2 Å². The summed E-state index contributed by atoms with van der Waals surface area (Å²) in [6, 6.07) is 11.0. The summed E-state index contributed by atoms with van der Waals surface area (Å²) in [4.78, 5) is 32.6. The molecule has 2 aromatic heterocycles. The van der Waals surface area contributed by atoms with Gasteiger partial charge in [-0.15, -0.1) is 0 Å². The lowest BCUT2D eigenvalue weighted by Gasteiger charge is -2.20. The highest BCUT2D eigenvalue weighted by molar-refractivity contribution is 5.95. The van der Waals surface area contributed by atoms with E-state index in [1.54, 1.807) is 42.4 Å². The molecule has 1 N–H and O–H groups in total. The van der Waals surface area contributed by atoms with Crippen molar-refractivity contribution >= 4 is 11.6 Å². The van der Waals surface area contributed by atoms with E-state index in [0.717, 1.165) is 5.56 Å². The van der Waals surface area contributed by atoms with Gasteiger partial charge < -0.3 is 19.2 Å².